The van der Waals surface area contributed by atoms with E-state index in [1.807, 2.05) is 0 Å². The van der Waals surface area contributed by atoms with E-state index in [1.54, 1.807) is 0 Å². The number of ether oxygens (including phenoxy) is 1. The van der Waals surface area contributed by atoms with Crippen LogP contribution < -0.4 is 5.32 Å². The van der Waals surface area contributed by atoms with E-state index in [-0.39, 0.29) is 0 Å². The highest BCUT2D eigenvalue weighted by atomic mass is 16.5. The molecule has 2 heteroatoms. The summed E-state index contributed by atoms with van der Waals surface area (Å²) in [7, 11) is 0. The van der Waals surface area contributed by atoms with Crippen LogP contribution in [0.15, 0.2) is 24.3 Å². The molecule has 1 heterocycles. The Morgan fingerprint density at radius 3 is 3.00 bits per heavy atom. The van der Waals surface area contributed by atoms with Gasteiger partial charge in [-0.25, -0.2) is 0 Å². The molecule has 2 aliphatic rings. The molecule has 92 valence electrons. The number of rotatable bonds is 2. The summed E-state index contributed by atoms with van der Waals surface area (Å²) in [5.74, 6) is 0. The third kappa shape index (κ3) is 2.53. The maximum absolute atomic E-state index is 5.52. The first-order valence-corrected chi connectivity index (χ1v) is 6.85. The fourth-order valence-corrected chi connectivity index (χ4v) is 3.09. The fraction of sp³-hybridized carbons (Fsp3) is 0.600. The zero-order valence-electron chi connectivity index (χ0n) is 10.3. The molecule has 0 unspecified atom stereocenters. The van der Waals surface area contributed by atoms with Crippen LogP contribution in [0.1, 0.15) is 42.9 Å². The van der Waals surface area contributed by atoms with Crippen molar-refractivity contribution < 1.29 is 4.74 Å². The second-order valence-electron chi connectivity index (χ2n) is 5.20. The Hall–Kier alpha value is -0.860. The Morgan fingerprint density at radius 1 is 1.06 bits per heavy atom. The summed E-state index contributed by atoms with van der Waals surface area (Å²) in [5, 5.41) is 3.83. The highest BCUT2D eigenvalue weighted by molar-refractivity contribution is 5.34. The second kappa shape index (κ2) is 5.19. The van der Waals surface area contributed by atoms with Crippen LogP contribution in [-0.4, -0.2) is 19.3 Å². The zero-order chi connectivity index (χ0) is 11.5. The SMILES string of the molecule is c1ccc2c(c1)CC[C@@H]2N[C@H]1CCCOCC1. The third-order valence-electron chi connectivity index (χ3n) is 4.02. The summed E-state index contributed by atoms with van der Waals surface area (Å²) >= 11 is 0. The molecule has 2 nitrogen and oxygen atoms in total. The molecule has 2 atom stereocenters. The van der Waals surface area contributed by atoms with Crippen molar-refractivity contribution in [2.24, 2.45) is 0 Å². The lowest BCUT2D eigenvalue weighted by Gasteiger charge is -2.22. The highest BCUT2D eigenvalue weighted by Crippen LogP contribution is 2.31. The van der Waals surface area contributed by atoms with Crippen LogP contribution in [0, 0.1) is 0 Å². The smallest absolute Gasteiger partial charge is 0.0480 e. The largest absolute Gasteiger partial charge is 0.381 e. The molecule has 0 amide bonds. The average Bonchev–Trinajstić information content (AvgIpc) is 2.59. The number of aryl methyl sites for hydroxylation is 1. The molecule has 1 aromatic carbocycles. The molecule has 0 saturated carbocycles. The minimum Gasteiger partial charge on any atom is -0.381 e. The monoisotopic (exact) mass is 231 g/mol. The van der Waals surface area contributed by atoms with E-state index in [2.05, 4.69) is 29.6 Å². The average molecular weight is 231 g/mol. The van der Waals surface area contributed by atoms with Crippen LogP contribution >= 0.6 is 0 Å². The maximum atomic E-state index is 5.52. The van der Waals surface area contributed by atoms with E-state index in [0.717, 1.165) is 13.2 Å². The molecule has 1 aliphatic heterocycles. The van der Waals surface area contributed by atoms with E-state index in [4.69, 9.17) is 4.74 Å². The number of hydrogen-bond donors (Lipinski definition) is 1. The quantitative estimate of drug-likeness (QED) is 0.845. The Kier molecular flexibility index (Phi) is 3.44. The Balaban J connectivity index is 1.66. The Morgan fingerprint density at radius 2 is 2.00 bits per heavy atom. The van der Waals surface area contributed by atoms with E-state index in [0.29, 0.717) is 12.1 Å². The van der Waals surface area contributed by atoms with Gasteiger partial charge in [0.05, 0.1) is 0 Å². The number of benzene rings is 1. The minimum absolute atomic E-state index is 0.578. The first-order valence-electron chi connectivity index (χ1n) is 6.85. The molecule has 1 N–H and O–H groups in total. The van der Waals surface area contributed by atoms with Gasteiger partial charge in [0.1, 0.15) is 0 Å². The summed E-state index contributed by atoms with van der Waals surface area (Å²) in [6, 6.07) is 10.1. The number of fused-ring (bicyclic) bond motifs is 1. The van der Waals surface area contributed by atoms with Gasteiger partial charge in [0.15, 0.2) is 0 Å². The molecule has 0 radical (unpaired) electrons. The summed E-state index contributed by atoms with van der Waals surface area (Å²) in [6.07, 6.45) is 6.12. The lowest BCUT2D eigenvalue weighted by Crippen LogP contribution is -2.32. The minimum atomic E-state index is 0.578. The van der Waals surface area contributed by atoms with Gasteiger partial charge in [-0.2, -0.15) is 0 Å². The van der Waals surface area contributed by atoms with E-state index in [9.17, 15) is 0 Å². The van der Waals surface area contributed by atoms with Gasteiger partial charge in [-0.3, -0.25) is 0 Å². The van der Waals surface area contributed by atoms with Crippen molar-refractivity contribution in [2.45, 2.75) is 44.2 Å². The van der Waals surface area contributed by atoms with Gasteiger partial charge >= 0.3 is 0 Å². The normalized spacial score (nSPS) is 28.7. The van der Waals surface area contributed by atoms with Crippen molar-refractivity contribution in [3.05, 3.63) is 35.4 Å². The van der Waals surface area contributed by atoms with Crippen LogP contribution in [0.3, 0.4) is 0 Å². The van der Waals surface area contributed by atoms with Crippen molar-refractivity contribution in [3.8, 4) is 0 Å². The topological polar surface area (TPSA) is 21.3 Å². The molecule has 17 heavy (non-hydrogen) atoms. The first kappa shape index (κ1) is 11.2. The van der Waals surface area contributed by atoms with Crippen LogP contribution in [0.2, 0.25) is 0 Å². The predicted molar refractivity (Wildman–Crippen MR) is 69.1 cm³/mol. The molecular weight excluding hydrogens is 210 g/mol. The molecule has 0 aromatic heterocycles. The number of hydrogen-bond acceptors (Lipinski definition) is 2. The van der Waals surface area contributed by atoms with E-state index in [1.165, 1.54) is 43.2 Å². The molecule has 1 aliphatic carbocycles. The van der Waals surface area contributed by atoms with Crippen molar-refractivity contribution in [3.63, 3.8) is 0 Å². The Labute approximate surface area is 103 Å². The van der Waals surface area contributed by atoms with Gasteiger partial charge in [-0.15, -0.1) is 0 Å². The molecular formula is C15H21NO. The van der Waals surface area contributed by atoms with Gasteiger partial charge in [0, 0.05) is 25.3 Å². The van der Waals surface area contributed by atoms with Gasteiger partial charge < -0.3 is 10.1 Å². The second-order valence-corrected chi connectivity index (χ2v) is 5.20. The van der Waals surface area contributed by atoms with Crippen LogP contribution in [0.5, 0.6) is 0 Å². The fourth-order valence-electron chi connectivity index (χ4n) is 3.09. The standard InChI is InChI=1S/C15H21NO/c1-2-6-14-12(4-1)7-8-15(14)16-13-5-3-10-17-11-9-13/h1-2,4,6,13,15-16H,3,5,7-11H2/t13-,15-/m0/s1. The molecule has 1 fully saturated rings. The first-order chi connectivity index (χ1) is 8.43. The molecule has 0 spiro atoms. The zero-order valence-corrected chi connectivity index (χ0v) is 10.3. The third-order valence-corrected chi connectivity index (χ3v) is 4.02. The molecule has 0 bridgehead atoms. The molecule has 3 rings (SSSR count). The molecule has 1 aromatic rings. The molecule has 1 saturated heterocycles. The van der Waals surface area contributed by atoms with Gasteiger partial charge in [0.2, 0.25) is 0 Å². The van der Waals surface area contributed by atoms with Gasteiger partial charge in [0.25, 0.3) is 0 Å². The van der Waals surface area contributed by atoms with Crippen molar-refractivity contribution in [2.75, 3.05) is 13.2 Å². The van der Waals surface area contributed by atoms with Crippen LogP contribution in [0.4, 0.5) is 0 Å². The highest BCUT2D eigenvalue weighted by Gasteiger charge is 2.24. The number of nitrogens with one attached hydrogen (secondary N) is 1. The van der Waals surface area contributed by atoms with Crippen molar-refractivity contribution >= 4 is 0 Å². The Bertz CT molecular complexity index is 369. The van der Waals surface area contributed by atoms with E-state index < -0.39 is 0 Å². The van der Waals surface area contributed by atoms with Gasteiger partial charge in [-0.1, -0.05) is 24.3 Å². The maximum Gasteiger partial charge on any atom is 0.0480 e. The van der Waals surface area contributed by atoms with Crippen LogP contribution in [0.25, 0.3) is 0 Å². The summed E-state index contributed by atoms with van der Waals surface area (Å²) in [5.41, 5.74) is 3.06. The lowest BCUT2D eigenvalue weighted by molar-refractivity contribution is 0.142. The lowest BCUT2D eigenvalue weighted by atomic mass is 10.0. The van der Waals surface area contributed by atoms with Crippen LogP contribution in [-0.2, 0) is 11.2 Å². The van der Waals surface area contributed by atoms with Crippen molar-refractivity contribution in [1.82, 2.24) is 5.32 Å². The van der Waals surface area contributed by atoms with E-state index >= 15 is 0 Å². The van der Waals surface area contributed by atoms with Gasteiger partial charge in [-0.05, 0) is 43.2 Å². The summed E-state index contributed by atoms with van der Waals surface area (Å²) in [4.78, 5) is 0. The predicted octanol–water partition coefficient (Wildman–Crippen LogP) is 2.83. The summed E-state index contributed by atoms with van der Waals surface area (Å²) in [6.45, 7) is 1.87. The van der Waals surface area contributed by atoms with Crippen molar-refractivity contribution in [1.29, 1.82) is 0 Å². The summed E-state index contributed by atoms with van der Waals surface area (Å²) < 4.78 is 5.52.